The third kappa shape index (κ3) is 4.44. The molecule has 2 aromatic heterocycles. The molecule has 8 aromatic carbocycles. The maximum absolute atomic E-state index is 5.53. The fourth-order valence-electron chi connectivity index (χ4n) is 7.48. The van der Waals surface area contributed by atoms with Gasteiger partial charge in [-0.05, 0) is 74.1 Å². The number of para-hydroxylation sites is 1. The summed E-state index contributed by atoms with van der Waals surface area (Å²) in [6.45, 7) is 0. The van der Waals surface area contributed by atoms with Gasteiger partial charge in [-0.2, -0.15) is 0 Å². The molecule has 0 aliphatic heterocycles. The van der Waals surface area contributed by atoms with Crippen molar-refractivity contribution in [3.8, 4) is 39.5 Å². The van der Waals surface area contributed by atoms with E-state index in [0.717, 1.165) is 60.8 Å². The highest BCUT2D eigenvalue weighted by Gasteiger charge is 2.21. The van der Waals surface area contributed by atoms with Crippen LogP contribution in [-0.4, -0.2) is 14.5 Å². The van der Waals surface area contributed by atoms with Crippen LogP contribution >= 0.6 is 0 Å². The van der Waals surface area contributed by atoms with Crippen molar-refractivity contribution in [1.29, 1.82) is 0 Å². The fourth-order valence-corrected chi connectivity index (χ4v) is 7.48. The van der Waals surface area contributed by atoms with Crippen LogP contribution in [0.15, 0.2) is 176 Å². The third-order valence-electron chi connectivity index (χ3n) is 9.78. The van der Waals surface area contributed by atoms with Crippen molar-refractivity contribution >= 4 is 54.3 Å². The molecular formula is C46H29N3. The number of hydrogen-bond donors (Lipinski definition) is 0. The molecule has 3 nitrogen and oxygen atoms in total. The second-order valence-corrected chi connectivity index (χ2v) is 12.6. The van der Waals surface area contributed by atoms with Crippen LogP contribution in [0.4, 0.5) is 0 Å². The topological polar surface area (TPSA) is 30.7 Å². The molecule has 0 saturated carbocycles. The molecule has 0 saturated heterocycles. The van der Waals surface area contributed by atoms with Gasteiger partial charge >= 0.3 is 0 Å². The predicted molar refractivity (Wildman–Crippen MR) is 205 cm³/mol. The molecule has 3 heteroatoms. The summed E-state index contributed by atoms with van der Waals surface area (Å²) in [5.41, 5.74) is 9.68. The summed E-state index contributed by atoms with van der Waals surface area (Å²) in [6, 6.07) is 62.6. The van der Waals surface area contributed by atoms with Crippen LogP contribution in [0.2, 0.25) is 0 Å². The van der Waals surface area contributed by atoms with Crippen LogP contribution in [0, 0.1) is 0 Å². The molecule has 0 aliphatic rings. The minimum Gasteiger partial charge on any atom is -0.278 e. The minimum atomic E-state index is 0.656. The van der Waals surface area contributed by atoms with E-state index in [4.69, 9.17) is 9.97 Å². The van der Waals surface area contributed by atoms with Gasteiger partial charge in [0.05, 0.1) is 22.2 Å². The quantitative estimate of drug-likeness (QED) is 0.195. The maximum Gasteiger partial charge on any atom is 0.235 e. The lowest BCUT2D eigenvalue weighted by Gasteiger charge is -2.17. The first-order valence-electron chi connectivity index (χ1n) is 16.7. The van der Waals surface area contributed by atoms with Crippen LogP contribution in [0.25, 0.3) is 93.7 Å². The van der Waals surface area contributed by atoms with Gasteiger partial charge in [-0.3, -0.25) is 4.57 Å². The molecule has 0 N–H and O–H groups in total. The SMILES string of the molecule is c1ccc(-c2cc3nc(-n4c5ccccc5c5cc6ccccc6cc54)nc(-c4cccc5ccccc45)c3cc2-c2ccccc2)cc1. The van der Waals surface area contributed by atoms with Crippen LogP contribution in [0.5, 0.6) is 0 Å². The van der Waals surface area contributed by atoms with Crippen LogP contribution in [0.1, 0.15) is 0 Å². The highest BCUT2D eigenvalue weighted by Crippen LogP contribution is 2.41. The normalized spacial score (nSPS) is 11.7. The third-order valence-corrected chi connectivity index (χ3v) is 9.78. The average molecular weight is 624 g/mol. The van der Waals surface area contributed by atoms with Gasteiger partial charge in [0.2, 0.25) is 5.95 Å². The Bertz CT molecular complexity index is 2860. The summed E-state index contributed by atoms with van der Waals surface area (Å²) >= 11 is 0. The zero-order chi connectivity index (χ0) is 32.3. The lowest BCUT2D eigenvalue weighted by atomic mass is 9.91. The standard InChI is InChI=1S/C46H29N3/c1-3-14-31(15-4-1)38-28-41-42(29-39(38)32-16-5-2-6-17-32)47-46(48-45(41)37-24-13-21-30-18-9-10-22-35(30)37)49-43-25-12-11-23-36(43)40-26-33-19-7-8-20-34(33)27-44(40)49/h1-29H. The van der Waals surface area contributed by atoms with E-state index in [-0.39, 0.29) is 0 Å². The summed E-state index contributed by atoms with van der Waals surface area (Å²) in [6.07, 6.45) is 0. The summed E-state index contributed by atoms with van der Waals surface area (Å²) < 4.78 is 2.25. The van der Waals surface area contributed by atoms with E-state index in [2.05, 4.69) is 180 Å². The predicted octanol–water partition coefficient (Wildman–Crippen LogP) is 12.0. The molecule has 0 atom stereocenters. The van der Waals surface area contributed by atoms with Crippen molar-refractivity contribution in [2.45, 2.75) is 0 Å². The molecule has 0 fully saturated rings. The molecule has 0 unspecified atom stereocenters. The Morgan fingerprint density at radius 3 is 1.69 bits per heavy atom. The minimum absolute atomic E-state index is 0.656. The van der Waals surface area contributed by atoms with Gasteiger partial charge in [-0.1, -0.05) is 146 Å². The van der Waals surface area contributed by atoms with E-state index >= 15 is 0 Å². The molecule has 0 radical (unpaired) electrons. The second kappa shape index (κ2) is 11.0. The Morgan fingerprint density at radius 1 is 0.347 bits per heavy atom. The van der Waals surface area contributed by atoms with Gasteiger partial charge in [0.15, 0.2) is 0 Å². The lowest BCUT2D eigenvalue weighted by molar-refractivity contribution is 1.01. The molecule has 0 aliphatic carbocycles. The molecule has 0 amide bonds. The monoisotopic (exact) mass is 623 g/mol. The number of rotatable bonds is 4. The average Bonchev–Trinajstić information content (AvgIpc) is 3.49. The fraction of sp³-hybridized carbons (Fsp3) is 0. The highest BCUT2D eigenvalue weighted by atomic mass is 15.2. The second-order valence-electron chi connectivity index (χ2n) is 12.6. The number of aromatic nitrogens is 3. The summed E-state index contributed by atoms with van der Waals surface area (Å²) in [5, 5.41) is 8.14. The van der Waals surface area contributed by atoms with Gasteiger partial charge in [0, 0.05) is 21.7 Å². The number of nitrogens with zero attached hydrogens (tertiary/aromatic N) is 3. The van der Waals surface area contributed by atoms with E-state index in [1.165, 1.54) is 26.9 Å². The van der Waals surface area contributed by atoms with E-state index < -0.39 is 0 Å². The molecular weight excluding hydrogens is 595 g/mol. The largest absolute Gasteiger partial charge is 0.278 e. The Morgan fingerprint density at radius 2 is 0.939 bits per heavy atom. The zero-order valence-corrected chi connectivity index (χ0v) is 26.6. The van der Waals surface area contributed by atoms with Crippen molar-refractivity contribution in [2.24, 2.45) is 0 Å². The van der Waals surface area contributed by atoms with E-state index in [1.807, 2.05) is 0 Å². The van der Waals surface area contributed by atoms with Gasteiger partial charge in [-0.15, -0.1) is 0 Å². The molecule has 0 bridgehead atoms. The first-order valence-corrected chi connectivity index (χ1v) is 16.7. The van der Waals surface area contributed by atoms with Crippen molar-refractivity contribution in [2.75, 3.05) is 0 Å². The molecule has 0 spiro atoms. The Hall–Kier alpha value is -6.58. The summed E-state index contributed by atoms with van der Waals surface area (Å²) in [4.78, 5) is 11.0. The van der Waals surface area contributed by atoms with Crippen molar-refractivity contribution in [3.05, 3.63) is 176 Å². The van der Waals surface area contributed by atoms with Gasteiger partial charge < -0.3 is 0 Å². The first-order chi connectivity index (χ1) is 24.3. The van der Waals surface area contributed by atoms with Crippen LogP contribution < -0.4 is 0 Å². The Balaban J connectivity index is 1.36. The lowest BCUT2D eigenvalue weighted by Crippen LogP contribution is -2.04. The van der Waals surface area contributed by atoms with Crippen molar-refractivity contribution in [1.82, 2.24) is 14.5 Å². The van der Waals surface area contributed by atoms with Gasteiger partial charge in [-0.25, -0.2) is 9.97 Å². The van der Waals surface area contributed by atoms with Crippen molar-refractivity contribution < 1.29 is 0 Å². The van der Waals surface area contributed by atoms with Gasteiger partial charge in [0.25, 0.3) is 0 Å². The first kappa shape index (κ1) is 27.5. The van der Waals surface area contributed by atoms with E-state index in [0.29, 0.717) is 5.95 Å². The molecule has 49 heavy (non-hydrogen) atoms. The maximum atomic E-state index is 5.53. The Labute approximate surface area is 283 Å². The zero-order valence-electron chi connectivity index (χ0n) is 26.6. The molecule has 228 valence electrons. The van der Waals surface area contributed by atoms with Crippen LogP contribution in [0.3, 0.4) is 0 Å². The highest BCUT2D eigenvalue weighted by molar-refractivity contribution is 6.14. The summed E-state index contributed by atoms with van der Waals surface area (Å²) in [5.74, 6) is 0.656. The Kier molecular flexibility index (Phi) is 6.18. The van der Waals surface area contributed by atoms with Gasteiger partial charge in [0.1, 0.15) is 0 Å². The number of hydrogen-bond acceptors (Lipinski definition) is 2. The molecule has 10 rings (SSSR count). The smallest absolute Gasteiger partial charge is 0.235 e. The van der Waals surface area contributed by atoms with E-state index in [1.54, 1.807) is 0 Å². The van der Waals surface area contributed by atoms with E-state index in [9.17, 15) is 0 Å². The van der Waals surface area contributed by atoms with Crippen molar-refractivity contribution in [3.63, 3.8) is 0 Å². The molecule has 2 heterocycles. The summed E-state index contributed by atoms with van der Waals surface area (Å²) in [7, 11) is 0. The molecule has 10 aromatic rings. The number of benzene rings is 8. The van der Waals surface area contributed by atoms with Crippen LogP contribution in [-0.2, 0) is 0 Å². The number of fused-ring (bicyclic) bond motifs is 6.